The molecule has 0 fully saturated rings. The predicted molar refractivity (Wildman–Crippen MR) is 133 cm³/mol. The molecule has 1 atom stereocenters. The minimum absolute atomic E-state index is 0.0341. The number of fused-ring (bicyclic) bond motifs is 3. The second-order valence-electron chi connectivity index (χ2n) is 8.87. The Hall–Kier alpha value is -4.26. The molecule has 6 rings (SSSR count). The molecule has 1 aromatic carbocycles. The Kier molecular flexibility index (Phi) is 5.67. The molecule has 1 N–H and O–H groups in total. The van der Waals surface area contributed by atoms with Gasteiger partial charge in [-0.2, -0.15) is 13.9 Å². The Balaban J connectivity index is 1.42. The molecule has 4 aromatic heterocycles. The number of hydrogen-bond donors (Lipinski definition) is 1. The van der Waals surface area contributed by atoms with E-state index in [1.165, 1.54) is 18.2 Å². The normalized spacial score (nSPS) is 14.8. The van der Waals surface area contributed by atoms with E-state index in [1.54, 1.807) is 47.0 Å². The molecule has 0 unspecified atom stereocenters. The Bertz CT molecular complexity index is 1660. The average Bonchev–Trinajstić information content (AvgIpc) is 3.63. The molecule has 1 aliphatic rings. The second kappa shape index (κ2) is 8.94. The molecule has 0 saturated heterocycles. The number of imidazole rings is 1. The van der Waals surface area contributed by atoms with Crippen LogP contribution in [0.4, 0.5) is 24.9 Å². The second-order valence-corrected chi connectivity index (χ2v) is 9.28. The lowest BCUT2D eigenvalue weighted by Gasteiger charge is -2.27. The van der Waals surface area contributed by atoms with Gasteiger partial charge in [0.2, 0.25) is 17.6 Å². The van der Waals surface area contributed by atoms with Crippen LogP contribution in [0.25, 0.3) is 23.0 Å². The highest BCUT2D eigenvalue weighted by Gasteiger charge is 2.45. The van der Waals surface area contributed by atoms with Gasteiger partial charge in [0.15, 0.2) is 5.82 Å². The van der Waals surface area contributed by atoms with Crippen LogP contribution in [0.15, 0.2) is 48.9 Å². The van der Waals surface area contributed by atoms with E-state index in [4.69, 9.17) is 11.6 Å². The Labute approximate surface area is 219 Å². The lowest BCUT2D eigenvalue weighted by molar-refractivity contribution is 0.0258. The number of nitrogens with zero attached hydrogens (tertiary/aromatic N) is 9. The standard InChI is InChI=1S/C24H20ClF3N10/c1-13-10-29-23(32-18-7-8-30-36(18)2)33-19(13)17-12-37-11-14(9-26)38-21(20(37)31-17)34-35-22(38)24(27,28)15-5-3-4-6-16(15)25/h3-8,10,12,14H,9,11H2,1-2H3,(H,29,32,33)/t14-/m0/s1. The molecule has 0 radical (unpaired) electrons. The van der Waals surface area contributed by atoms with E-state index in [0.29, 0.717) is 23.2 Å². The number of alkyl halides is 3. The van der Waals surface area contributed by atoms with Crippen molar-refractivity contribution in [3.8, 4) is 23.0 Å². The van der Waals surface area contributed by atoms with Crippen LogP contribution in [0.1, 0.15) is 23.0 Å². The van der Waals surface area contributed by atoms with Crippen molar-refractivity contribution in [3.05, 3.63) is 70.9 Å². The minimum atomic E-state index is -3.61. The number of anilines is 2. The van der Waals surface area contributed by atoms with Gasteiger partial charge in [0.1, 0.15) is 18.2 Å². The third-order valence-electron chi connectivity index (χ3n) is 6.39. The monoisotopic (exact) mass is 540 g/mol. The zero-order chi connectivity index (χ0) is 26.6. The van der Waals surface area contributed by atoms with Crippen LogP contribution in [0.3, 0.4) is 0 Å². The zero-order valence-corrected chi connectivity index (χ0v) is 20.9. The first kappa shape index (κ1) is 24.1. The first-order valence-corrected chi connectivity index (χ1v) is 12.0. The largest absolute Gasteiger partial charge is 0.333 e. The molecule has 0 spiro atoms. The van der Waals surface area contributed by atoms with Gasteiger partial charge in [-0.15, -0.1) is 10.2 Å². The first-order chi connectivity index (χ1) is 18.3. The first-order valence-electron chi connectivity index (χ1n) is 11.6. The lowest BCUT2D eigenvalue weighted by Crippen LogP contribution is -2.30. The third kappa shape index (κ3) is 3.81. The molecule has 0 aliphatic carbocycles. The topological polar surface area (TPSA) is 104 Å². The van der Waals surface area contributed by atoms with Gasteiger partial charge in [0, 0.05) is 37.6 Å². The molecule has 5 heterocycles. The summed E-state index contributed by atoms with van der Waals surface area (Å²) < 4.78 is 49.9. The van der Waals surface area contributed by atoms with Gasteiger partial charge in [-0.25, -0.2) is 19.3 Å². The predicted octanol–water partition coefficient (Wildman–Crippen LogP) is 4.70. The van der Waals surface area contributed by atoms with Gasteiger partial charge in [0.25, 0.3) is 0 Å². The number of aryl methyl sites for hydroxylation is 2. The third-order valence-corrected chi connectivity index (χ3v) is 6.72. The van der Waals surface area contributed by atoms with Crippen molar-refractivity contribution < 1.29 is 13.2 Å². The molecule has 14 heteroatoms. The highest BCUT2D eigenvalue weighted by Crippen LogP contribution is 2.42. The molecule has 10 nitrogen and oxygen atoms in total. The molecular formula is C24H20ClF3N10. The number of benzene rings is 1. The van der Waals surface area contributed by atoms with Gasteiger partial charge in [-0.05, 0) is 18.6 Å². The van der Waals surface area contributed by atoms with Crippen molar-refractivity contribution in [2.75, 3.05) is 12.0 Å². The van der Waals surface area contributed by atoms with Gasteiger partial charge < -0.3 is 9.88 Å². The highest BCUT2D eigenvalue weighted by atomic mass is 35.5. The number of aromatic nitrogens is 9. The summed E-state index contributed by atoms with van der Waals surface area (Å²) >= 11 is 6.06. The minimum Gasteiger partial charge on any atom is -0.325 e. The summed E-state index contributed by atoms with van der Waals surface area (Å²) in [7, 11) is 1.78. The fourth-order valence-electron chi connectivity index (χ4n) is 4.49. The summed E-state index contributed by atoms with van der Waals surface area (Å²) in [4.78, 5) is 13.6. The van der Waals surface area contributed by atoms with Crippen LogP contribution in [-0.2, 0) is 19.5 Å². The highest BCUT2D eigenvalue weighted by molar-refractivity contribution is 6.31. The van der Waals surface area contributed by atoms with E-state index in [-0.39, 0.29) is 23.2 Å². The maximum Gasteiger partial charge on any atom is 0.333 e. The van der Waals surface area contributed by atoms with E-state index in [1.807, 2.05) is 6.92 Å². The summed E-state index contributed by atoms with van der Waals surface area (Å²) in [6, 6.07) is 6.40. The van der Waals surface area contributed by atoms with E-state index in [0.717, 1.165) is 10.1 Å². The molecule has 38 heavy (non-hydrogen) atoms. The number of halogens is 4. The Morgan fingerprint density at radius 3 is 2.68 bits per heavy atom. The number of hydrogen-bond acceptors (Lipinski definition) is 7. The fraction of sp³-hybridized carbons (Fsp3) is 0.250. The maximum absolute atomic E-state index is 15.6. The van der Waals surface area contributed by atoms with Gasteiger partial charge in [-0.1, -0.05) is 29.8 Å². The van der Waals surface area contributed by atoms with Crippen LogP contribution < -0.4 is 5.32 Å². The molecule has 0 bridgehead atoms. The van der Waals surface area contributed by atoms with Crippen molar-refractivity contribution in [2.24, 2.45) is 7.05 Å². The van der Waals surface area contributed by atoms with Crippen molar-refractivity contribution >= 4 is 23.4 Å². The molecular weight excluding hydrogens is 521 g/mol. The fourth-order valence-corrected chi connectivity index (χ4v) is 4.74. The zero-order valence-electron chi connectivity index (χ0n) is 20.1. The van der Waals surface area contributed by atoms with Crippen LogP contribution >= 0.6 is 11.6 Å². The molecule has 194 valence electrons. The smallest absolute Gasteiger partial charge is 0.325 e. The van der Waals surface area contributed by atoms with Crippen LogP contribution in [-0.4, -0.2) is 50.7 Å². The van der Waals surface area contributed by atoms with Crippen molar-refractivity contribution in [2.45, 2.75) is 25.4 Å². The van der Waals surface area contributed by atoms with Gasteiger partial charge >= 0.3 is 5.92 Å². The van der Waals surface area contributed by atoms with E-state index >= 15 is 8.78 Å². The average molecular weight is 541 g/mol. The molecule has 1 aliphatic heterocycles. The van der Waals surface area contributed by atoms with Crippen molar-refractivity contribution in [1.29, 1.82) is 0 Å². The number of rotatable bonds is 6. The van der Waals surface area contributed by atoms with Crippen LogP contribution in [0.2, 0.25) is 5.02 Å². The number of nitrogens with one attached hydrogen (secondary N) is 1. The molecule has 5 aromatic rings. The van der Waals surface area contributed by atoms with E-state index in [2.05, 4.69) is 35.6 Å². The SMILES string of the molecule is Cc1cnc(Nc2ccnn2C)nc1-c1cn2c(n1)-c1nnc(C(F)(F)c3ccccc3Cl)n1[C@@H](CF)C2. The maximum atomic E-state index is 15.6. The quantitative estimate of drug-likeness (QED) is 0.333. The van der Waals surface area contributed by atoms with Crippen LogP contribution in [0.5, 0.6) is 0 Å². The summed E-state index contributed by atoms with van der Waals surface area (Å²) in [5.41, 5.74) is 1.29. The Morgan fingerprint density at radius 2 is 1.95 bits per heavy atom. The van der Waals surface area contributed by atoms with Crippen molar-refractivity contribution in [3.63, 3.8) is 0 Å². The summed E-state index contributed by atoms with van der Waals surface area (Å²) in [6.07, 6.45) is 4.99. The Morgan fingerprint density at radius 1 is 1.13 bits per heavy atom. The lowest BCUT2D eigenvalue weighted by atomic mass is 10.1. The summed E-state index contributed by atoms with van der Waals surface area (Å²) in [6.45, 7) is 0.977. The summed E-state index contributed by atoms with van der Waals surface area (Å²) in [5, 5.41) is 14.9. The van der Waals surface area contributed by atoms with Crippen molar-refractivity contribution in [1.82, 2.24) is 44.1 Å². The summed E-state index contributed by atoms with van der Waals surface area (Å²) in [5.74, 6) is -2.98. The molecule has 0 amide bonds. The molecule has 0 saturated carbocycles. The van der Waals surface area contributed by atoms with E-state index < -0.39 is 30.0 Å². The van der Waals surface area contributed by atoms with Gasteiger partial charge in [-0.3, -0.25) is 9.25 Å². The van der Waals surface area contributed by atoms with E-state index in [9.17, 15) is 4.39 Å². The van der Waals surface area contributed by atoms with Gasteiger partial charge in [0.05, 0.1) is 23.0 Å². The van der Waals surface area contributed by atoms with Crippen LogP contribution in [0, 0.1) is 6.92 Å².